The molecule has 0 unspecified atom stereocenters. The molecule has 0 amide bonds. The van der Waals surface area contributed by atoms with Crippen LogP contribution in [0, 0.1) is 0 Å². The standard InChI is InChI=1S/C27H28/c1-3-4-9-18-27(2,25-16-14-21-10-5-7-12-23(21)19-25)26-17-15-22-11-6-8-13-24(22)20-26/h5-8,10-17,19-20H,3-4,9,18H2,1-2H3. The van der Waals surface area contributed by atoms with Crippen LogP contribution in [0.4, 0.5) is 0 Å². The van der Waals surface area contributed by atoms with Gasteiger partial charge in [0.2, 0.25) is 0 Å². The van der Waals surface area contributed by atoms with Crippen molar-refractivity contribution in [3.63, 3.8) is 0 Å². The minimum absolute atomic E-state index is 0.0310. The molecule has 0 bridgehead atoms. The van der Waals surface area contributed by atoms with Gasteiger partial charge in [0.15, 0.2) is 0 Å². The second kappa shape index (κ2) is 7.56. The summed E-state index contributed by atoms with van der Waals surface area (Å²) in [6.07, 6.45) is 4.98. The van der Waals surface area contributed by atoms with Crippen molar-refractivity contribution in [3.05, 3.63) is 96.1 Å². The van der Waals surface area contributed by atoms with Gasteiger partial charge in [-0.1, -0.05) is 118 Å². The molecule has 4 aromatic carbocycles. The lowest BCUT2D eigenvalue weighted by molar-refractivity contribution is 0.484. The lowest BCUT2D eigenvalue weighted by atomic mass is 9.72. The van der Waals surface area contributed by atoms with Gasteiger partial charge < -0.3 is 0 Å². The van der Waals surface area contributed by atoms with Gasteiger partial charge in [-0.05, 0) is 39.1 Å². The predicted octanol–water partition coefficient (Wildman–Crippen LogP) is 7.88. The molecule has 27 heavy (non-hydrogen) atoms. The van der Waals surface area contributed by atoms with E-state index in [2.05, 4.69) is 98.8 Å². The van der Waals surface area contributed by atoms with Crippen LogP contribution in [-0.4, -0.2) is 0 Å². The maximum Gasteiger partial charge on any atom is 0.0175 e. The summed E-state index contributed by atoms with van der Waals surface area (Å²) in [4.78, 5) is 0. The van der Waals surface area contributed by atoms with E-state index in [-0.39, 0.29) is 5.41 Å². The van der Waals surface area contributed by atoms with E-state index < -0.39 is 0 Å². The van der Waals surface area contributed by atoms with Gasteiger partial charge in [0.25, 0.3) is 0 Å². The van der Waals surface area contributed by atoms with E-state index in [0.29, 0.717) is 0 Å². The number of hydrogen-bond donors (Lipinski definition) is 0. The first-order valence-corrected chi connectivity index (χ1v) is 10.2. The number of benzene rings is 4. The summed E-state index contributed by atoms with van der Waals surface area (Å²) in [5.41, 5.74) is 2.88. The van der Waals surface area contributed by atoms with Crippen LogP contribution in [0.1, 0.15) is 50.7 Å². The predicted molar refractivity (Wildman–Crippen MR) is 118 cm³/mol. The fraction of sp³-hybridized carbons (Fsp3) is 0.259. The van der Waals surface area contributed by atoms with E-state index in [1.54, 1.807) is 0 Å². The van der Waals surface area contributed by atoms with E-state index in [1.807, 2.05) is 0 Å². The Labute approximate surface area is 162 Å². The number of fused-ring (bicyclic) bond motifs is 2. The van der Waals surface area contributed by atoms with Gasteiger partial charge in [0.05, 0.1) is 0 Å². The third-order valence-electron chi connectivity index (χ3n) is 6.05. The Balaban J connectivity index is 1.83. The molecule has 0 N–H and O–H groups in total. The molecule has 0 atom stereocenters. The summed E-state index contributed by atoms with van der Waals surface area (Å²) < 4.78 is 0. The third kappa shape index (κ3) is 3.49. The topological polar surface area (TPSA) is 0 Å². The average molecular weight is 353 g/mol. The van der Waals surface area contributed by atoms with Crippen molar-refractivity contribution in [1.82, 2.24) is 0 Å². The highest BCUT2D eigenvalue weighted by Gasteiger charge is 2.28. The molecule has 136 valence electrons. The highest BCUT2D eigenvalue weighted by atomic mass is 14.3. The van der Waals surface area contributed by atoms with E-state index in [4.69, 9.17) is 0 Å². The fourth-order valence-corrected chi connectivity index (χ4v) is 4.25. The van der Waals surface area contributed by atoms with E-state index in [9.17, 15) is 0 Å². The Bertz CT molecular complexity index is 978. The molecule has 0 spiro atoms. The summed E-state index contributed by atoms with van der Waals surface area (Å²) >= 11 is 0. The molecule has 0 aromatic heterocycles. The van der Waals surface area contributed by atoms with Gasteiger partial charge in [0, 0.05) is 5.41 Å². The Morgan fingerprint density at radius 2 is 1.07 bits per heavy atom. The van der Waals surface area contributed by atoms with Crippen LogP contribution >= 0.6 is 0 Å². The van der Waals surface area contributed by atoms with Gasteiger partial charge in [0.1, 0.15) is 0 Å². The van der Waals surface area contributed by atoms with Crippen LogP contribution in [0.3, 0.4) is 0 Å². The van der Waals surface area contributed by atoms with Crippen molar-refractivity contribution in [2.24, 2.45) is 0 Å². The molecule has 0 aliphatic carbocycles. The lowest BCUT2D eigenvalue weighted by Crippen LogP contribution is -2.23. The van der Waals surface area contributed by atoms with E-state index in [0.717, 1.165) is 0 Å². The Morgan fingerprint density at radius 3 is 1.56 bits per heavy atom. The first-order chi connectivity index (χ1) is 13.2. The molecule has 0 nitrogen and oxygen atoms in total. The molecule has 0 saturated heterocycles. The molecule has 4 aromatic rings. The molecular weight excluding hydrogens is 324 g/mol. The fourth-order valence-electron chi connectivity index (χ4n) is 4.25. The van der Waals surface area contributed by atoms with Crippen LogP contribution in [0.25, 0.3) is 21.5 Å². The minimum atomic E-state index is 0.0310. The SMILES string of the molecule is CCCCCC(C)(c1ccc2ccccc2c1)c1ccc2ccccc2c1. The zero-order valence-corrected chi connectivity index (χ0v) is 16.4. The molecule has 0 heteroatoms. The van der Waals surface area contributed by atoms with Gasteiger partial charge in [-0.15, -0.1) is 0 Å². The van der Waals surface area contributed by atoms with Crippen LogP contribution < -0.4 is 0 Å². The smallest absolute Gasteiger partial charge is 0.0175 e. The minimum Gasteiger partial charge on any atom is -0.0654 e. The number of unbranched alkanes of at least 4 members (excludes halogenated alkanes) is 2. The van der Waals surface area contributed by atoms with Crippen molar-refractivity contribution in [2.45, 2.75) is 44.9 Å². The largest absolute Gasteiger partial charge is 0.0654 e. The van der Waals surface area contributed by atoms with E-state index >= 15 is 0 Å². The molecule has 4 rings (SSSR count). The summed E-state index contributed by atoms with van der Waals surface area (Å²) in [7, 11) is 0. The second-order valence-electron chi connectivity index (χ2n) is 7.91. The van der Waals surface area contributed by atoms with Gasteiger partial charge >= 0.3 is 0 Å². The number of hydrogen-bond acceptors (Lipinski definition) is 0. The Kier molecular flexibility index (Phi) is 4.99. The maximum atomic E-state index is 2.43. The molecule has 0 heterocycles. The second-order valence-corrected chi connectivity index (χ2v) is 7.91. The first kappa shape index (κ1) is 17.8. The summed E-state index contributed by atoms with van der Waals surface area (Å²) in [6, 6.07) is 31.4. The molecular formula is C27H28. The van der Waals surface area contributed by atoms with Crippen molar-refractivity contribution in [2.75, 3.05) is 0 Å². The third-order valence-corrected chi connectivity index (χ3v) is 6.05. The zero-order chi connectivity index (χ0) is 18.7. The lowest BCUT2D eigenvalue weighted by Gasteiger charge is -2.32. The van der Waals surface area contributed by atoms with Crippen molar-refractivity contribution < 1.29 is 0 Å². The monoisotopic (exact) mass is 352 g/mol. The van der Waals surface area contributed by atoms with Gasteiger partial charge in [-0.25, -0.2) is 0 Å². The normalized spacial score (nSPS) is 11.9. The zero-order valence-electron chi connectivity index (χ0n) is 16.4. The molecule has 0 aliphatic heterocycles. The van der Waals surface area contributed by atoms with Crippen molar-refractivity contribution in [1.29, 1.82) is 0 Å². The van der Waals surface area contributed by atoms with E-state index in [1.165, 1.54) is 58.4 Å². The summed E-state index contributed by atoms with van der Waals surface area (Å²) in [5, 5.41) is 5.29. The van der Waals surface area contributed by atoms with Crippen LogP contribution in [0.5, 0.6) is 0 Å². The van der Waals surface area contributed by atoms with Crippen LogP contribution in [-0.2, 0) is 5.41 Å². The molecule has 0 saturated carbocycles. The quantitative estimate of drug-likeness (QED) is 0.310. The van der Waals surface area contributed by atoms with Gasteiger partial charge in [-0.3, -0.25) is 0 Å². The van der Waals surface area contributed by atoms with Crippen molar-refractivity contribution in [3.8, 4) is 0 Å². The Hall–Kier alpha value is -2.60. The highest BCUT2D eigenvalue weighted by Crippen LogP contribution is 2.39. The number of rotatable bonds is 6. The Morgan fingerprint density at radius 1 is 0.593 bits per heavy atom. The summed E-state index contributed by atoms with van der Waals surface area (Å²) in [6.45, 7) is 4.71. The van der Waals surface area contributed by atoms with Gasteiger partial charge in [-0.2, -0.15) is 0 Å². The first-order valence-electron chi connectivity index (χ1n) is 10.2. The average Bonchev–Trinajstić information content (AvgIpc) is 2.73. The van der Waals surface area contributed by atoms with Crippen LogP contribution in [0.2, 0.25) is 0 Å². The highest BCUT2D eigenvalue weighted by molar-refractivity contribution is 5.85. The molecule has 0 radical (unpaired) electrons. The maximum absolute atomic E-state index is 2.43. The molecule has 0 fully saturated rings. The molecule has 0 aliphatic rings. The summed E-state index contributed by atoms with van der Waals surface area (Å²) in [5.74, 6) is 0. The van der Waals surface area contributed by atoms with Crippen LogP contribution in [0.15, 0.2) is 84.9 Å². The van der Waals surface area contributed by atoms with Crippen molar-refractivity contribution >= 4 is 21.5 Å².